The fraction of sp³-hybridized carbons (Fsp3) is 0.200. The van der Waals surface area contributed by atoms with E-state index in [1.165, 1.54) is 0 Å². The number of aromatic nitrogens is 3. The minimum absolute atomic E-state index is 0.566. The van der Waals surface area contributed by atoms with Crippen LogP contribution in [0.2, 0.25) is 0 Å². The normalized spacial score (nSPS) is 10.4. The summed E-state index contributed by atoms with van der Waals surface area (Å²) < 4.78 is 1.78. The molecular weight excluding hydrogens is 176 g/mol. The summed E-state index contributed by atoms with van der Waals surface area (Å²) in [4.78, 5) is 3.97. The van der Waals surface area contributed by atoms with Crippen LogP contribution in [0.25, 0.3) is 11.1 Å². The van der Waals surface area contributed by atoms with Gasteiger partial charge in [-0.15, -0.1) is 0 Å². The summed E-state index contributed by atoms with van der Waals surface area (Å²) in [5, 5.41) is 4.16. The summed E-state index contributed by atoms with van der Waals surface area (Å²) in [7, 11) is 1.89. The average molecular weight is 188 g/mol. The van der Waals surface area contributed by atoms with Crippen molar-refractivity contribution in [1.29, 1.82) is 0 Å². The predicted octanol–water partition coefficient (Wildman–Crippen LogP) is 1.37. The zero-order chi connectivity index (χ0) is 10.1. The maximum absolute atomic E-state index is 5.82. The SMILES string of the molecule is Cc1c(-c2ccncc2)c(N)nn1C. The summed E-state index contributed by atoms with van der Waals surface area (Å²) in [5.74, 6) is 0.566. The third-order valence-electron chi connectivity index (χ3n) is 2.33. The van der Waals surface area contributed by atoms with Gasteiger partial charge in [-0.2, -0.15) is 5.10 Å². The molecule has 2 N–H and O–H groups in total. The fourth-order valence-corrected chi connectivity index (χ4v) is 1.51. The zero-order valence-corrected chi connectivity index (χ0v) is 8.23. The number of nitrogen functional groups attached to an aromatic ring is 1. The summed E-state index contributed by atoms with van der Waals surface area (Å²) in [6.45, 7) is 2.00. The number of pyridine rings is 1. The largest absolute Gasteiger partial charge is 0.382 e. The fourth-order valence-electron chi connectivity index (χ4n) is 1.51. The van der Waals surface area contributed by atoms with Crippen LogP contribution < -0.4 is 5.73 Å². The molecule has 0 aliphatic rings. The van der Waals surface area contributed by atoms with E-state index in [9.17, 15) is 0 Å². The van der Waals surface area contributed by atoms with Crippen LogP contribution in [-0.2, 0) is 7.05 Å². The molecule has 2 aromatic rings. The molecular formula is C10H12N4. The van der Waals surface area contributed by atoms with Crippen molar-refractivity contribution < 1.29 is 0 Å². The van der Waals surface area contributed by atoms with E-state index in [0.29, 0.717) is 5.82 Å². The van der Waals surface area contributed by atoms with Gasteiger partial charge in [0.05, 0.1) is 0 Å². The van der Waals surface area contributed by atoms with Gasteiger partial charge in [0, 0.05) is 30.7 Å². The molecule has 2 rings (SSSR count). The van der Waals surface area contributed by atoms with Crippen LogP contribution in [0, 0.1) is 6.92 Å². The number of rotatable bonds is 1. The first-order valence-electron chi connectivity index (χ1n) is 4.39. The summed E-state index contributed by atoms with van der Waals surface area (Å²) in [6.07, 6.45) is 3.50. The number of nitrogens with zero attached hydrogens (tertiary/aromatic N) is 3. The molecule has 72 valence electrons. The lowest BCUT2D eigenvalue weighted by Gasteiger charge is -2.00. The molecule has 4 nitrogen and oxygen atoms in total. The number of anilines is 1. The van der Waals surface area contributed by atoms with E-state index in [-0.39, 0.29) is 0 Å². The smallest absolute Gasteiger partial charge is 0.153 e. The standard InChI is InChI=1S/C10H12N4/c1-7-9(10(11)13-14(7)2)8-3-5-12-6-4-8/h3-6H,1-2H3,(H2,11,13). The maximum atomic E-state index is 5.82. The van der Waals surface area contributed by atoms with Crippen LogP contribution in [0.1, 0.15) is 5.69 Å². The summed E-state index contributed by atoms with van der Waals surface area (Å²) in [6, 6.07) is 3.86. The molecule has 0 bridgehead atoms. The van der Waals surface area contributed by atoms with E-state index in [1.54, 1.807) is 17.1 Å². The van der Waals surface area contributed by atoms with E-state index in [1.807, 2.05) is 26.1 Å². The molecule has 0 aliphatic heterocycles. The van der Waals surface area contributed by atoms with Crippen LogP contribution >= 0.6 is 0 Å². The van der Waals surface area contributed by atoms with Gasteiger partial charge in [-0.1, -0.05) is 0 Å². The number of aryl methyl sites for hydroxylation is 1. The van der Waals surface area contributed by atoms with Crippen LogP contribution in [-0.4, -0.2) is 14.8 Å². The van der Waals surface area contributed by atoms with Crippen molar-refractivity contribution in [3.8, 4) is 11.1 Å². The minimum atomic E-state index is 0.566. The van der Waals surface area contributed by atoms with Crippen LogP contribution in [0.3, 0.4) is 0 Å². The molecule has 2 heterocycles. The molecule has 2 aromatic heterocycles. The van der Waals surface area contributed by atoms with Gasteiger partial charge in [-0.3, -0.25) is 9.67 Å². The molecule has 4 heteroatoms. The minimum Gasteiger partial charge on any atom is -0.382 e. The van der Waals surface area contributed by atoms with Crippen molar-refractivity contribution >= 4 is 5.82 Å². The van der Waals surface area contributed by atoms with Gasteiger partial charge >= 0.3 is 0 Å². The van der Waals surface area contributed by atoms with Gasteiger partial charge in [-0.05, 0) is 24.6 Å². The van der Waals surface area contributed by atoms with Gasteiger partial charge in [0.25, 0.3) is 0 Å². The highest BCUT2D eigenvalue weighted by molar-refractivity contribution is 5.75. The zero-order valence-electron chi connectivity index (χ0n) is 8.23. The Kier molecular flexibility index (Phi) is 1.96. The lowest BCUT2D eigenvalue weighted by Crippen LogP contribution is -1.93. The molecule has 0 radical (unpaired) electrons. The topological polar surface area (TPSA) is 56.7 Å². The Morgan fingerprint density at radius 3 is 2.43 bits per heavy atom. The van der Waals surface area contributed by atoms with Crippen molar-refractivity contribution in [3.63, 3.8) is 0 Å². The lowest BCUT2D eigenvalue weighted by molar-refractivity contribution is 0.744. The van der Waals surface area contributed by atoms with Gasteiger partial charge in [0.1, 0.15) is 0 Å². The average Bonchev–Trinajstić information content (AvgIpc) is 2.43. The highest BCUT2D eigenvalue weighted by Gasteiger charge is 2.11. The van der Waals surface area contributed by atoms with Crippen LogP contribution in [0.5, 0.6) is 0 Å². The molecule has 0 fully saturated rings. The third kappa shape index (κ3) is 1.25. The lowest BCUT2D eigenvalue weighted by atomic mass is 10.1. The first-order valence-corrected chi connectivity index (χ1v) is 4.39. The van der Waals surface area contributed by atoms with Crippen molar-refractivity contribution in [2.24, 2.45) is 7.05 Å². The molecule has 0 saturated carbocycles. The monoisotopic (exact) mass is 188 g/mol. The number of nitrogens with two attached hydrogens (primary N) is 1. The number of hydrogen-bond donors (Lipinski definition) is 1. The molecule has 0 saturated heterocycles. The second-order valence-corrected chi connectivity index (χ2v) is 3.21. The third-order valence-corrected chi connectivity index (χ3v) is 2.33. The van der Waals surface area contributed by atoms with Crippen LogP contribution in [0.15, 0.2) is 24.5 Å². The molecule has 0 amide bonds. The Hall–Kier alpha value is -1.84. The molecule has 0 unspecified atom stereocenters. The van der Waals surface area contributed by atoms with Gasteiger partial charge < -0.3 is 5.73 Å². The molecule has 0 spiro atoms. The van der Waals surface area contributed by atoms with Crippen molar-refractivity contribution in [2.75, 3.05) is 5.73 Å². The predicted molar refractivity (Wildman–Crippen MR) is 55.6 cm³/mol. The molecule has 14 heavy (non-hydrogen) atoms. The van der Waals surface area contributed by atoms with Crippen molar-refractivity contribution in [2.45, 2.75) is 6.92 Å². The Balaban J connectivity index is 2.62. The van der Waals surface area contributed by atoms with E-state index in [4.69, 9.17) is 5.73 Å². The second-order valence-electron chi connectivity index (χ2n) is 3.21. The molecule has 0 aromatic carbocycles. The first kappa shape index (κ1) is 8.74. The van der Waals surface area contributed by atoms with E-state index in [2.05, 4.69) is 10.1 Å². The summed E-state index contributed by atoms with van der Waals surface area (Å²) in [5.41, 5.74) is 8.94. The van der Waals surface area contributed by atoms with E-state index in [0.717, 1.165) is 16.8 Å². The van der Waals surface area contributed by atoms with Crippen molar-refractivity contribution in [1.82, 2.24) is 14.8 Å². The second kappa shape index (κ2) is 3.14. The van der Waals surface area contributed by atoms with Crippen LogP contribution in [0.4, 0.5) is 5.82 Å². The molecule has 0 atom stereocenters. The van der Waals surface area contributed by atoms with Crippen molar-refractivity contribution in [3.05, 3.63) is 30.2 Å². The van der Waals surface area contributed by atoms with E-state index < -0.39 is 0 Å². The maximum Gasteiger partial charge on any atom is 0.153 e. The van der Waals surface area contributed by atoms with Gasteiger partial charge in [0.2, 0.25) is 0 Å². The van der Waals surface area contributed by atoms with Gasteiger partial charge in [-0.25, -0.2) is 0 Å². The highest BCUT2D eigenvalue weighted by Crippen LogP contribution is 2.27. The summed E-state index contributed by atoms with van der Waals surface area (Å²) >= 11 is 0. The molecule has 0 aliphatic carbocycles. The quantitative estimate of drug-likeness (QED) is 0.735. The first-order chi connectivity index (χ1) is 6.70. The highest BCUT2D eigenvalue weighted by atomic mass is 15.3. The van der Waals surface area contributed by atoms with E-state index >= 15 is 0 Å². The Bertz CT molecular complexity index is 445. The Morgan fingerprint density at radius 2 is 1.93 bits per heavy atom. The Morgan fingerprint density at radius 1 is 1.29 bits per heavy atom. The number of hydrogen-bond acceptors (Lipinski definition) is 3. The van der Waals surface area contributed by atoms with Gasteiger partial charge in [0.15, 0.2) is 5.82 Å². The Labute approximate surface area is 82.4 Å².